The number of ketones is 2. The molecule has 4 heteroatoms. The molecule has 1 N–H and O–H groups in total. The summed E-state index contributed by atoms with van der Waals surface area (Å²) in [5, 5.41) is 8.95. The largest absolute Gasteiger partial charge is 0.481 e. The van der Waals surface area contributed by atoms with E-state index in [-0.39, 0.29) is 23.2 Å². The van der Waals surface area contributed by atoms with Gasteiger partial charge in [-0.1, -0.05) is 13.8 Å². The molecule has 3 rings (SSSR count). The van der Waals surface area contributed by atoms with Crippen LogP contribution in [0.5, 0.6) is 0 Å². The second-order valence-electron chi connectivity index (χ2n) is 9.29. The lowest BCUT2D eigenvalue weighted by atomic mass is 9.48. The second-order valence-corrected chi connectivity index (χ2v) is 9.29. The maximum absolute atomic E-state index is 12.8. The quantitative estimate of drug-likeness (QED) is 0.806. The third-order valence-electron chi connectivity index (χ3n) is 8.17. The lowest BCUT2D eigenvalue weighted by Gasteiger charge is -2.55. The predicted octanol–water partition coefficient (Wildman–Crippen LogP) is 4.26. The smallest absolute Gasteiger partial charge is 0.303 e. The first kappa shape index (κ1) is 18.6. The molecule has 0 aliphatic heterocycles. The number of hydrogen-bond acceptors (Lipinski definition) is 3. The number of carboxylic acid groups (broad SMARTS) is 1. The molecule has 0 radical (unpaired) electrons. The van der Waals surface area contributed by atoms with Gasteiger partial charge in [-0.15, -0.1) is 0 Å². The topological polar surface area (TPSA) is 71.4 Å². The Labute approximate surface area is 150 Å². The molecule has 0 amide bonds. The molecule has 0 spiro atoms. The number of rotatable bonds is 5. The van der Waals surface area contributed by atoms with Crippen LogP contribution in [0, 0.1) is 34.5 Å². The maximum atomic E-state index is 12.8. The Morgan fingerprint density at radius 2 is 1.84 bits per heavy atom. The molecule has 0 aromatic carbocycles. The molecule has 140 valence electrons. The highest BCUT2D eigenvalue weighted by atomic mass is 16.4. The van der Waals surface area contributed by atoms with Gasteiger partial charge in [0.15, 0.2) is 0 Å². The number of hydrogen-bond donors (Lipinski definition) is 1. The summed E-state index contributed by atoms with van der Waals surface area (Å²) in [6.07, 6.45) is 7.17. The number of fused-ring (bicyclic) bond motifs is 3. The van der Waals surface area contributed by atoms with Crippen LogP contribution in [0.4, 0.5) is 0 Å². The second kappa shape index (κ2) is 6.51. The average Bonchev–Trinajstić information content (AvgIpc) is 2.88. The Balaban J connectivity index is 1.82. The molecule has 0 aromatic rings. The summed E-state index contributed by atoms with van der Waals surface area (Å²) in [5.41, 5.74) is -0.261. The van der Waals surface area contributed by atoms with Crippen molar-refractivity contribution in [2.45, 2.75) is 78.6 Å². The van der Waals surface area contributed by atoms with Crippen molar-refractivity contribution in [3.8, 4) is 0 Å². The van der Waals surface area contributed by atoms with E-state index in [1.807, 2.05) is 0 Å². The average molecular weight is 348 g/mol. The molecule has 6 atom stereocenters. The minimum Gasteiger partial charge on any atom is -0.481 e. The molecule has 0 unspecified atom stereocenters. The van der Waals surface area contributed by atoms with Gasteiger partial charge >= 0.3 is 5.97 Å². The summed E-state index contributed by atoms with van der Waals surface area (Å²) in [6, 6.07) is 0. The normalized spacial score (nSPS) is 43.4. The molecule has 0 saturated heterocycles. The molecule has 3 saturated carbocycles. The van der Waals surface area contributed by atoms with Crippen LogP contribution in [-0.4, -0.2) is 22.6 Å². The van der Waals surface area contributed by atoms with Crippen LogP contribution in [0.1, 0.15) is 78.6 Å². The van der Waals surface area contributed by atoms with E-state index in [2.05, 4.69) is 13.8 Å². The SMILES string of the molecule is CC(=O)[C@H]1CC[C@H]2[C@@H]3CCC(=O)[C@](C)(CCCC(=O)O)[C@H]3CC[C@]12C. The highest BCUT2D eigenvalue weighted by Gasteiger charge is 2.60. The van der Waals surface area contributed by atoms with E-state index in [1.54, 1.807) is 6.92 Å². The summed E-state index contributed by atoms with van der Waals surface area (Å²) in [4.78, 5) is 35.8. The van der Waals surface area contributed by atoms with E-state index in [0.717, 1.165) is 32.1 Å². The van der Waals surface area contributed by atoms with Crippen LogP contribution in [-0.2, 0) is 14.4 Å². The van der Waals surface area contributed by atoms with Crippen molar-refractivity contribution in [1.29, 1.82) is 0 Å². The highest BCUT2D eigenvalue weighted by molar-refractivity contribution is 5.86. The van der Waals surface area contributed by atoms with Gasteiger partial charge in [0.25, 0.3) is 0 Å². The van der Waals surface area contributed by atoms with Gasteiger partial charge in [-0.2, -0.15) is 0 Å². The van der Waals surface area contributed by atoms with E-state index in [4.69, 9.17) is 5.11 Å². The first-order valence-electron chi connectivity index (χ1n) is 9.95. The maximum Gasteiger partial charge on any atom is 0.303 e. The third kappa shape index (κ3) is 2.96. The number of carbonyl (C=O) groups is 3. The predicted molar refractivity (Wildman–Crippen MR) is 95.1 cm³/mol. The Morgan fingerprint density at radius 1 is 1.12 bits per heavy atom. The van der Waals surface area contributed by atoms with Gasteiger partial charge in [0, 0.05) is 24.2 Å². The summed E-state index contributed by atoms with van der Waals surface area (Å²) in [6.45, 7) is 6.14. The first-order chi connectivity index (χ1) is 11.7. The molecule has 0 heterocycles. The minimum absolute atomic E-state index is 0.107. The Bertz CT molecular complexity index is 582. The number of aliphatic carboxylic acids is 1. The molecule has 3 aliphatic carbocycles. The van der Waals surface area contributed by atoms with Gasteiger partial charge < -0.3 is 5.11 Å². The van der Waals surface area contributed by atoms with Crippen molar-refractivity contribution in [3.63, 3.8) is 0 Å². The van der Waals surface area contributed by atoms with E-state index >= 15 is 0 Å². The zero-order valence-corrected chi connectivity index (χ0v) is 15.8. The fraction of sp³-hybridized carbons (Fsp3) is 0.857. The van der Waals surface area contributed by atoms with Crippen LogP contribution >= 0.6 is 0 Å². The van der Waals surface area contributed by atoms with Gasteiger partial charge in [0.1, 0.15) is 11.6 Å². The van der Waals surface area contributed by atoms with Crippen LogP contribution in [0.2, 0.25) is 0 Å². The van der Waals surface area contributed by atoms with Gasteiger partial charge in [-0.05, 0) is 75.0 Å². The molecular formula is C21H32O4. The van der Waals surface area contributed by atoms with Gasteiger partial charge in [-0.3, -0.25) is 14.4 Å². The fourth-order valence-corrected chi connectivity index (χ4v) is 6.87. The van der Waals surface area contributed by atoms with E-state index in [1.165, 1.54) is 0 Å². The molecule has 0 bridgehead atoms. The summed E-state index contributed by atoms with van der Waals surface area (Å²) < 4.78 is 0. The van der Waals surface area contributed by atoms with Crippen molar-refractivity contribution in [1.82, 2.24) is 0 Å². The Morgan fingerprint density at radius 3 is 2.48 bits per heavy atom. The number of carboxylic acids is 1. The Kier molecular flexibility index (Phi) is 4.85. The van der Waals surface area contributed by atoms with Crippen molar-refractivity contribution in [3.05, 3.63) is 0 Å². The zero-order valence-electron chi connectivity index (χ0n) is 15.8. The van der Waals surface area contributed by atoms with Crippen molar-refractivity contribution in [2.24, 2.45) is 34.5 Å². The number of Topliss-reactive ketones (excluding diaryl/α,β-unsaturated/α-hetero) is 2. The van der Waals surface area contributed by atoms with Crippen molar-refractivity contribution < 1.29 is 19.5 Å². The summed E-state index contributed by atoms with van der Waals surface area (Å²) in [5.74, 6) is 1.52. The fourth-order valence-electron chi connectivity index (χ4n) is 6.87. The molecule has 0 aromatic heterocycles. The molecule has 3 aliphatic rings. The Hall–Kier alpha value is -1.19. The van der Waals surface area contributed by atoms with E-state index in [0.29, 0.717) is 48.6 Å². The minimum atomic E-state index is -0.778. The van der Waals surface area contributed by atoms with Crippen LogP contribution in [0.3, 0.4) is 0 Å². The zero-order chi connectivity index (χ0) is 18.4. The van der Waals surface area contributed by atoms with Crippen molar-refractivity contribution >= 4 is 17.5 Å². The van der Waals surface area contributed by atoms with Gasteiger partial charge in [0.2, 0.25) is 0 Å². The number of carbonyl (C=O) groups excluding carboxylic acids is 2. The lowest BCUT2D eigenvalue weighted by Crippen LogP contribution is -2.52. The lowest BCUT2D eigenvalue weighted by molar-refractivity contribution is -0.148. The highest BCUT2D eigenvalue weighted by Crippen LogP contribution is 2.64. The molecule has 4 nitrogen and oxygen atoms in total. The third-order valence-corrected chi connectivity index (χ3v) is 8.17. The summed E-state index contributed by atoms with van der Waals surface area (Å²) in [7, 11) is 0. The molecule has 25 heavy (non-hydrogen) atoms. The van der Waals surface area contributed by atoms with E-state index in [9.17, 15) is 14.4 Å². The summed E-state index contributed by atoms with van der Waals surface area (Å²) >= 11 is 0. The first-order valence-corrected chi connectivity index (χ1v) is 9.95. The van der Waals surface area contributed by atoms with Gasteiger partial charge in [-0.25, -0.2) is 0 Å². The van der Waals surface area contributed by atoms with Crippen molar-refractivity contribution in [2.75, 3.05) is 0 Å². The van der Waals surface area contributed by atoms with Gasteiger partial charge in [0.05, 0.1) is 0 Å². The van der Waals surface area contributed by atoms with E-state index < -0.39 is 5.97 Å². The van der Waals surface area contributed by atoms with Crippen LogP contribution < -0.4 is 0 Å². The van der Waals surface area contributed by atoms with Crippen LogP contribution in [0.25, 0.3) is 0 Å². The monoisotopic (exact) mass is 348 g/mol. The van der Waals surface area contributed by atoms with Crippen LogP contribution in [0.15, 0.2) is 0 Å². The molecular weight excluding hydrogens is 316 g/mol. The molecule has 3 fully saturated rings. The standard InChI is InChI=1S/C21H32O4/c1-13(22)15-7-8-16-14-6-9-18(23)21(3,11-4-5-19(24)25)17(14)10-12-20(15,16)2/h14-17H,4-12H2,1-3H3,(H,24,25)/t14-,15+,16-,17-,20+,21+/m0/s1.